The van der Waals surface area contributed by atoms with Crippen molar-refractivity contribution in [2.75, 3.05) is 19.8 Å². The number of nitrogens with zero attached hydrogens (tertiary/aromatic N) is 1. The molecule has 0 N–H and O–H groups in total. The van der Waals surface area contributed by atoms with Gasteiger partial charge in [0.25, 0.3) is 0 Å². The van der Waals surface area contributed by atoms with Crippen molar-refractivity contribution in [3.8, 4) is 11.8 Å². The zero-order chi connectivity index (χ0) is 15.1. The largest absolute Gasteiger partial charge is 0.489 e. The predicted octanol–water partition coefficient (Wildman–Crippen LogP) is 2.22. The average molecular weight is 289 g/mol. The molecule has 1 aromatic carbocycles. The number of carbonyl (C=O) groups excluding carboxylic acids is 1. The lowest BCUT2D eigenvalue weighted by Gasteiger charge is -2.09. The van der Waals surface area contributed by atoms with E-state index in [4.69, 9.17) is 19.5 Å². The van der Waals surface area contributed by atoms with Gasteiger partial charge < -0.3 is 14.2 Å². The topological polar surface area (TPSA) is 71.9 Å². The van der Waals surface area contributed by atoms with E-state index in [1.807, 2.05) is 12.1 Å². The van der Waals surface area contributed by atoms with E-state index in [2.05, 4.69) is 6.07 Å². The molecule has 1 aliphatic rings. The molecule has 5 heteroatoms. The molecule has 0 radical (unpaired) electrons. The van der Waals surface area contributed by atoms with Crippen LogP contribution in [-0.4, -0.2) is 31.9 Å². The van der Waals surface area contributed by atoms with Crippen molar-refractivity contribution in [3.05, 3.63) is 29.3 Å². The fourth-order valence-corrected chi connectivity index (χ4v) is 1.95. The molecule has 21 heavy (non-hydrogen) atoms. The van der Waals surface area contributed by atoms with Gasteiger partial charge in [0.05, 0.1) is 18.8 Å². The number of nitriles is 1. The van der Waals surface area contributed by atoms with E-state index >= 15 is 0 Å². The Morgan fingerprint density at radius 1 is 1.52 bits per heavy atom. The summed E-state index contributed by atoms with van der Waals surface area (Å²) in [6.45, 7) is 3.41. The summed E-state index contributed by atoms with van der Waals surface area (Å²) < 4.78 is 15.6. The van der Waals surface area contributed by atoms with E-state index in [1.54, 1.807) is 13.0 Å². The second-order valence-corrected chi connectivity index (χ2v) is 4.87. The van der Waals surface area contributed by atoms with Crippen molar-refractivity contribution in [2.45, 2.75) is 32.3 Å². The van der Waals surface area contributed by atoms with Gasteiger partial charge in [-0.1, -0.05) is 6.07 Å². The summed E-state index contributed by atoms with van der Waals surface area (Å²) in [4.78, 5) is 11.3. The fourth-order valence-electron chi connectivity index (χ4n) is 1.95. The number of hydrogen-bond donors (Lipinski definition) is 0. The Bertz CT molecular complexity index is 532. The van der Waals surface area contributed by atoms with Gasteiger partial charge >= 0.3 is 5.97 Å². The first kappa shape index (κ1) is 15.3. The molecular formula is C16H19NO4. The third-order valence-corrected chi connectivity index (χ3v) is 3.15. The van der Waals surface area contributed by atoms with Gasteiger partial charge in [0.2, 0.25) is 0 Å². The van der Waals surface area contributed by atoms with Crippen LogP contribution in [0, 0.1) is 11.3 Å². The molecule has 0 spiro atoms. The molecule has 1 aromatic rings. The molecule has 0 bridgehead atoms. The van der Waals surface area contributed by atoms with Gasteiger partial charge in [0.15, 0.2) is 0 Å². The third kappa shape index (κ3) is 5.09. The molecule has 1 unspecified atom stereocenters. The molecule has 1 atom stereocenters. The molecule has 0 aromatic heterocycles. The predicted molar refractivity (Wildman–Crippen MR) is 76.0 cm³/mol. The lowest BCUT2D eigenvalue weighted by molar-refractivity contribution is -0.143. The van der Waals surface area contributed by atoms with Gasteiger partial charge in [0, 0.05) is 6.42 Å². The van der Waals surface area contributed by atoms with Crippen LogP contribution in [0.1, 0.15) is 30.9 Å². The van der Waals surface area contributed by atoms with E-state index < -0.39 is 0 Å². The SMILES string of the molecule is CCOC(=O)CCCc1ccc(C#N)c(OCC2CO2)c1. The minimum atomic E-state index is -0.173. The molecule has 0 amide bonds. The lowest BCUT2D eigenvalue weighted by Crippen LogP contribution is -2.06. The van der Waals surface area contributed by atoms with Crippen LogP contribution < -0.4 is 4.74 Å². The van der Waals surface area contributed by atoms with E-state index in [1.165, 1.54) is 0 Å². The quantitative estimate of drug-likeness (QED) is 0.542. The molecule has 0 aliphatic carbocycles. The average Bonchev–Trinajstić information content (AvgIpc) is 3.30. The zero-order valence-corrected chi connectivity index (χ0v) is 12.1. The molecule has 0 saturated carbocycles. The summed E-state index contributed by atoms with van der Waals surface area (Å²) in [5, 5.41) is 9.08. The van der Waals surface area contributed by atoms with Gasteiger partial charge in [0.1, 0.15) is 24.5 Å². The Morgan fingerprint density at radius 2 is 2.33 bits per heavy atom. The van der Waals surface area contributed by atoms with Crippen molar-refractivity contribution in [1.82, 2.24) is 0 Å². The summed E-state index contributed by atoms with van der Waals surface area (Å²) in [6, 6.07) is 7.63. The van der Waals surface area contributed by atoms with Gasteiger partial charge in [-0.15, -0.1) is 0 Å². The minimum Gasteiger partial charge on any atom is -0.489 e. The van der Waals surface area contributed by atoms with Gasteiger partial charge in [-0.3, -0.25) is 4.79 Å². The first-order valence-corrected chi connectivity index (χ1v) is 7.16. The fraction of sp³-hybridized carbons (Fsp3) is 0.500. The van der Waals surface area contributed by atoms with Crippen LogP contribution >= 0.6 is 0 Å². The van der Waals surface area contributed by atoms with Crippen molar-refractivity contribution < 1.29 is 19.0 Å². The van der Waals surface area contributed by atoms with E-state index in [9.17, 15) is 4.79 Å². The summed E-state index contributed by atoms with van der Waals surface area (Å²) in [6.07, 6.45) is 2.03. The Labute approximate surface area is 124 Å². The summed E-state index contributed by atoms with van der Waals surface area (Å²) in [5.41, 5.74) is 1.56. The number of benzene rings is 1. The molecule has 1 aliphatic heterocycles. The van der Waals surface area contributed by atoms with Gasteiger partial charge in [-0.25, -0.2) is 0 Å². The summed E-state index contributed by atoms with van der Waals surface area (Å²) in [7, 11) is 0. The third-order valence-electron chi connectivity index (χ3n) is 3.15. The van der Waals surface area contributed by atoms with Crippen LogP contribution in [0.15, 0.2) is 18.2 Å². The van der Waals surface area contributed by atoms with E-state index in [0.717, 1.165) is 25.0 Å². The Balaban J connectivity index is 1.88. The monoisotopic (exact) mass is 289 g/mol. The molecule has 1 fully saturated rings. The number of ether oxygens (including phenoxy) is 3. The number of hydrogen-bond acceptors (Lipinski definition) is 5. The summed E-state index contributed by atoms with van der Waals surface area (Å²) >= 11 is 0. The first-order chi connectivity index (χ1) is 10.2. The Hall–Kier alpha value is -2.06. The molecular weight excluding hydrogens is 270 g/mol. The highest BCUT2D eigenvalue weighted by Crippen LogP contribution is 2.22. The number of carbonyl (C=O) groups is 1. The molecule has 1 heterocycles. The number of aryl methyl sites for hydroxylation is 1. The van der Waals surface area contributed by atoms with Crippen LogP contribution in [0.5, 0.6) is 5.75 Å². The molecule has 1 saturated heterocycles. The van der Waals surface area contributed by atoms with Crippen molar-refractivity contribution >= 4 is 5.97 Å². The number of epoxide rings is 1. The molecule has 112 valence electrons. The second-order valence-electron chi connectivity index (χ2n) is 4.87. The van der Waals surface area contributed by atoms with Crippen LogP contribution in [0.25, 0.3) is 0 Å². The first-order valence-electron chi connectivity index (χ1n) is 7.16. The minimum absolute atomic E-state index is 0.156. The maximum Gasteiger partial charge on any atom is 0.305 e. The second kappa shape index (κ2) is 7.65. The van der Waals surface area contributed by atoms with Crippen molar-refractivity contribution in [1.29, 1.82) is 5.26 Å². The van der Waals surface area contributed by atoms with Crippen LogP contribution in [0.3, 0.4) is 0 Å². The highest BCUT2D eigenvalue weighted by atomic mass is 16.6. The standard InChI is InChI=1S/C16H19NO4/c1-2-19-16(18)5-3-4-12-6-7-13(9-17)15(8-12)21-11-14-10-20-14/h6-8,14H,2-5,10-11H2,1H3. The number of esters is 1. The van der Waals surface area contributed by atoms with Crippen LogP contribution in [0.4, 0.5) is 0 Å². The van der Waals surface area contributed by atoms with Crippen LogP contribution in [0.2, 0.25) is 0 Å². The smallest absolute Gasteiger partial charge is 0.305 e. The molecule has 5 nitrogen and oxygen atoms in total. The normalized spacial score (nSPS) is 16.1. The maximum absolute atomic E-state index is 11.3. The number of rotatable bonds is 8. The van der Waals surface area contributed by atoms with E-state index in [-0.39, 0.29) is 12.1 Å². The van der Waals surface area contributed by atoms with Gasteiger partial charge in [-0.05, 0) is 37.5 Å². The van der Waals surface area contributed by atoms with Crippen LogP contribution in [-0.2, 0) is 20.7 Å². The van der Waals surface area contributed by atoms with Crippen molar-refractivity contribution in [2.24, 2.45) is 0 Å². The van der Waals surface area contributed by atoms with Gasteiger partial charge in [-0.2, -0.15) is 5.26 Å². The maximum atomic E-state index is 11.3. The van der Waals surface area contributed by atoms with E-state index in [0.29, 0.717) is 30.9 Å². The highest BCUT2D eigenvalue weighted by Gasteiger charge is 2.23. The molecule has 2 rings (SSSR count). The zero-order valence-electron chi connectivity index (χ0n) is 12.1. The summed E-state index contributed by atoms with van der Waals surface area (Å²) in [5.74, 6) is 0.412. The highest BCUT2D eigenvalue weighted by molar-refractivity contribution is 5.69. The van der Waals surface area contributed by atoms with Crippen molar-refractivity contribution in [3.63, 3.8) is 0 Å². The lowest BCUT2D eigenvalue weighted by atomic mass is 10.1. The Morgan fingerprint density at radius 3 is 3.00 bits per heavy atom. The Kier molecular flexibility index (Phi) is 5.59.